The Hall–Kier alpha value is -3.53. The third kappa shape index (κ3) is 4.53. The van der Waals surface area contributed by atoms with E-state index in [9.17, 15) is 4.79 Å². The maximum Gasteiger partial charge on any atom is 0.255 e. The number of likely N-dealkylation sites (tertiary alicyclic amines) is 1. The van der Waals surface area contributed by atoms with Gasteiger partial charge in [-0.05, 0) is 60.1 Å². The van der Waals surface area contributed by atoms with E-state index < -0.39 is 0 Å². The minimum absolute atomic E-state index is 0.152. The molecule has 1 fully saturated rings. The van der Waals surface area contributed by atoms with Gasteiger partial charge in [0.15, 0.2) is 0 Å². The molecular formula is C32H34N2O2. The van der Waals surface area contributed by atoms with Gasteiger partial charge in [-0.25, -0.2) is 0 Å². The normalized spacial score (nSPS) is 22.8. The molecule has 2 aliphatic heterocycles. The highest BCUT2D eigenvalue weighted by atomic mass is 16.5. The first-order chi connectivity index (χ1) is 17.8. The van der Waals surface area contributed by atoms with Gasteiger partial charge < -0.3 is 15.0 Å². The molecule has 3 aromatic rings. The van der Waals surface area contributed by atoms with E-state index in [0.29, 0.717) is 18.4 Å². The van der Waals surface area contributed by atoms with Crippen molar-refractivity contribution in [3.8, 4) is 5.75 Å². The molecular weight excluding hydrogens is 444 g/mol. The third-order valence-electron chi connectivity index (χ3n) is 8.01. The molecule has 0 spiro atoms. The largest absolute Gasteiger partial charge is 0.489 e. The Bertz CT molecular complexity index is 1230. The van der Waals surface area contributed by atoms with Gasteiger partial charge in [-0.3, -0.25) is 4.79 Å². The number of anilines is 1. The molecule has 3 aromatic carbocycles. The molecule has 4 nitrogen and oxygen atoms in total. The summed E-state index contributed by atoms with van der Waals surface area (Å²) in [5.41, 5.74) is 5.50. The summed E-state index contributed by atoms with van der Waals surface area (Å²) in [6.45, 7) is 2.29. The molecule has 1 saturated heterocycles. The molecule has 36 heavy (non-hydrogen) atoms. The first-order valence-electron chi connectivity index (χ1n) is 13.4. The summed E-state index contributed by atoms with van der Waals surface area (Å²) in [6, 6.07) is 25.2. The van der Waals surface area contributed by atoms with Crippen molar-refractivity contribution in [3.05, 3.63) is 107 Å². The zero-order valence-corrected chi connectivity index (χ0v) is 20.7. The first kappa shape index (κ1) is 22.9. The maximum absolute atomic E-state index is 13.6. The summed E-state index contributed by atoms with van der Waals surface area (Å²) in [4.78, 5) is 15.7. The van der Waals surface area contributed by atoms with E-state index in [4.69, 9.17) is 4.74 Å². The van der Waals surface area contributed by atoms with Crippen LogP contribution in [0.15, 0.2) is 84.9 Å². The van der Waals surface area contributed by atoms with Gasteiger partial charge in [0.25, 0.3) is 5.91 Å². The predicted molar refractivity (Wildman–Crippen MR) is 144 cm³/mol. The molecule has 3 aliphatic rings. The van der Waals surface area contributed by atoms with E-state index in [1.165, 1.54) is 24.0 Å². The number of ether oxygens (including phenoxy) is 1. The molecule has 1 N–H and O–H groups in total. The molecule has 2 heterocycles. The monoisotopic (exact) mass is 478 g/mol. The van der Waals surface area contributed by atoms with Gasteiger partial charge in [0, 0.05) is 19.0 Å². The molecule has 0 aromatic heterocycles. The van der Waals surface area contributed by atoms with Crippen LogP contribution in [0, 0.1) is 5.92 Å². The molecule has 3 unspecified atom stereocenters. The fourth-order valence-electron chi connectivity index (χ4n) is 6.09. The average Bonchev–Trinajstić information content (AvgIpc) is 3.27. The zero-order chi connectivity index (χ0) is 24.3. The van der Waals surface area contributed by atoms with E-state index in [0.717, 1.165) is 54.9 Å². The lowest BCUT2D eigenvalue weighted by atomic mass is 9.76. The summed E-state index contributed by atoms with van der Waals surface area (Å²) >= 11 is 0. The first-order valence-corrected chi connectivity index (χ1v) is 13.4. The van der Waals surface area contributed by atoms with Crippen molar-refractivity contribution in [3.63, 3.8) is 0 Å². The topological polar surface area (TPSA) is 41.6 Å². The van der Waals surface area contributed by atoms with Gasteiger partial charge in [0.1, 0.15) is 12.4 Å². The van der Waals surface area contributed by atoms with E-state index in [2.05, 4.69) is 70.9 Å². The zero-order valence-electron chi connectivity index (χ0n) is 20.7. The second kappa shape index (κ2) is 10.2. The van der Waals surface area contributed by atoms with Crippen LogP contribution in [0.3, 0.4) is 0 Å². The van der Waals surface area contributed by atoms with E-state index in [-0.39, 0.29) is 11.9 Å². The van der Waals surface area contributed by atoms with Crippen LogP contribution in [0.25, 0.3) is 0 Å². The standard InChI is InChI=1S/C32H34N2O2/c35-32(34-20-6-1-2-7-21-34)29-15-9-14-28-26-12-8-13-27(26)30(33-31(28)29)24-16-18-25(19-17-24)36-22-23-10-4-3-5-11-23/h3-5,8-12,14-19,26-27,30,33H,1-2,6-7,13,20-22H2. The van der Waals surface area contributed by atoms with Crippen LogP contribution in [0.1, 0.15) is 71.1 Å². The van der Waals surface area contributed by atoms with Crippen LogP contribution >= 0.6 is 0 Å². The van der Waals surface area contributed by atoms with Crippen molar-refractivity contribution >= 4 is 11.6 Å². The highest BCUT2D eigenvalue weighted by Gasteiger charge is 2.39. The summed E-state index contributed by atoms with van der Waals surface area (Å²) in [5, 5.41) is 3.84. The van der Waals surface area contributed by atoms with Crippen LogP contribution in [-0.4, -0.2) is 23.9 Å². The number of carbonyl (C=O) groups is 1. The van der Waals surface area contributed by atoms with Crippen LogP contribution in [0.2, 0.25) is 0 Å². The Morgan fingerprint density at radius 3 is 2.44 bits per heavy atom. The number of hydrogen-bond acceptors (Lipinski definition) is 3. The smallest absolute Gasteiger partial charge is 0.255 e. The number of carbonyl (C=O) groups excluding carboxylic acids is 1. The summed E-state index contributed by atoms with van der Waals surface area (Å²) in [6.07, 6.45) is 10.3. The number of rotatable bonds is 5. The van der Waals surface area contributed by atoms with Crippen LogP contribution in [0.5, 0.6) is 5.75 Å². The fraction of sp³-hybridized carbons (Fsp3) is 0.344. The quantitative estimate of drug-likeness (QED) is 0.397. The lowest BCUT2D eigenvalue weighted by Gasteiger charge is -2.38. The predicted octanol–water partition coefficient (Wildman–Crippen LogP) is 7.11. The second-order valence-electron chi connectivity index (χ2n) is 10.3. The minimum atomic E-state index is 0.152. The average molecular weight is 479 g/mol. The van der Waals surface area contributed by atoms with Gasteiger partial charge in [0.05, 0.1) is 17.3 Å². The van der Waals surface area contributed by atoms with Crippen molar-refractivity contribution in [2.24, 2.45) is 5.92 Å². The van der Waals surface area contributed by atoms with E-state index in [1.807, 2.05) is 24.3 Å². The lowest BCUT2D eigenvalue weighted by Crippen LogP contribution is -2.35. The molecule has 4 heteroatoms. The maximum atomic E-state index is 13.6. The van der Waals surface area contributed by atoms with Crippen molar-refractivity contribution < 1.29 is 9.53 Å². The van der Waals surface area contributed by atoms with Crippen LogP contribution in [0.4, 0.5) is 5.69 Å². The lowest BCUT2D eigenvalue weighted by molar-refractivity contribution is 0.0762. The van der Waals surface area contributed by atoms with Crippen molar-refractivity contribution in [1.82, 2.24) is 4.90 Å². The summed E-state index contributed by atoms with van der Waals surface area (Å²) in [7, 11) is 0. The highest BCUT2D eigenvalue weighted by Crippen LogP contribution is 2.50. The Labute approximate surface area is 214 Å². The SMILES string of the molecule is O=C(c1cccc2c1NC(c1ccc(OCc3ccccc3)cc1)C1CC=CC21)N1CCCCCC1. The van der Waals surface area contributed by atoms with Gasteiger partial charge >= 0.3 is 0 Å². The molecule has 0 radical (unpaired) electrons. The van der Waals surface area contributed by atoms with Crippen molar-refractivity contribution in [2.75, 3.05) is 18.4 Å². The Kier molecular flexibility index (Phi) is 6.50. The number of allylic oxidation sites excluding steroid dienone is 2. The number of benzene rings is 3. The molecule has 184 valence electrons. The van der Waals surface area contributed by atoms with Crippen molar-refractivity contribution in [2.45, 2.75) is 50.7 Å². The Morgan fingerprint density at radius 2 is 1.67 bits per heavy atom. The van der Waals surface area contributed by atoms with Crippen molar-refractivity contribution in [1.29, 1.82) is 0 Å². The number of para-hydroxylation sites is 1. The number of amides is 1. The van der Waals surface area contributed by atoms with Gasteiger partial charge in [-0.15, -0.1) is 0 Å². The van der Waals surface area contributed by atoms with Gasteiger partial charge in [-0.2, -0.15) is 0 Å². The molecule has 1 aliphatic carbocycles. The minimum Gasteiger partial charge on any atom is -0.489 e. The number of hydrogen-bond donors (Lipinski definition) is 1. The number of fused-ring (bicyclic) bond motifs is 3. The summed E-state index contributed by atoms with van der Waals surface area (Å²) < 4.78 is 6.02. The van der Waals surface area contributed by atoms with Gasteiger partial charge in [0.2, 0.25) is 0 Å². The van der Waals surface area contributed by atoms with Gasteiger partial charge in [-0.1, -0.05) is 79.6 Å². The Morgan fingerprint density at radius 1 is 0.889 bits per heavy atom. The fourth-order valence-corrected chi connectivity index (χ4v) is 6.09. The van der Waals surface area contributed by atoms with Crippen LogP contribution < -0.4 is 10.1 Å². The number of nitrogens with one attached hydrogen (secondary N) is 1. The van der Waals surface area contributed by atoms with E-state index >= 15 is 0 Å². The molecule has 0 saturated carbocycles. The molecule has 3 atom stereocenters. The van der Waals surface area contributed by atoms with Crippen LogP contribution in [-0.2, 0) is 6.61 Å². The molecule has 1 amide bonds. The third-order valence-corrected chi connectivity index (χ3v) is 8.01. The summed E-state index contributed by atoms with van der Waals surface area (Å²) in [5.74, 6) is 1.82. The Balaban J connectivity index is 1.25. The van der Waals surface area contributed by atoms with E-state index in [1.54, 1.807) is 0 Å². The number of nitrogens with zero attached hydrogens (tertiary/aromatic N) is 1. The molecule has 6 rings (SSSR count). The second-order valence-corrected chi connectivity index (χ2v) is 10.3. The molecule has 0 bridgehead atoms. The highest BCUT2D eigenvalue weighted by molar-refractivity contribution is 6.00.